The van der Waals surface area contributed by atoms with Crippen molar-refractivity contribution in [2.45, 2.75) is 6.92 Å². The highest BCUT2D eigenvalue weighted by Gasteiger charge is 2.09. The molecule has 1 rings (SSSR count). The second-order valence-electron chi connectivity index (χ2n) is 2.97. The smallest absolute Gasteiger partial charge is 0.329 e. The van der Waals surface area contributed by atoms with Crippen LogP contribution in [0.1, 0.15) is 12.5 Å². The molecule has 0 atom stereocenters. The lowest BCUT2D eigenvalue weighted by Crippen LogP contribution is -2.37. The Morgan fingerprint density at radius 2 is 1.94 bits per heavy atom. The van der Waals surface area contributed by atoms with Crippen molar-refractivity contribution in [1.82, 2.24) is 10.7 Å². The Kier molecular flexibility index (Phi) is 4.72. The van der Waals surface area contributed by atoms with Crippen LogP contribution < -0.4 is 10.7 Å². The van der Waals surface area contributed by atoms with E-state index < -0.39 is 11.8 Å². The van der Waals surface area contributed by atoms with Crippen LogP contribution in [0.25, 0.3) is 0 Å². The fourth-order valence-electron chi connectivity index (χ4n) is 0.996. The molecule has 0 aromatic heterocycles. The highest BCUT2D eigenvalue weighted by atomic mass is 16.2. The third kappa shape index (κ3) is 3.91. The quantitative estimate of drug-likeness (QED) is 0.435. The average molecular weight is 219 g/mol. The minimum absolute atomic E-state index is 0.411. The lowest BCUT2D eigenvalue weighted by atomic mass is 10.2. The maximum atomic E-state index is 11.1. The number of likely N-dealkylation sites (N-methyl/N-ethyl adjacent to an activating group) is 1. The van der Waals surface area contributed by atoms with E-state index in [9.17, 15) is 9.59 Å². The lowest BCUT2D eigenvalue weighted by molar-refractivity contribution is -0.139. The van der Waals surface area contributed by atoms with Gasteiger partial charge in [0.1, 0.15) is 0 Å². The lowest BCUT2D eigenvalue weighted by Gasteiger charge is -1.99. The monoisotopic (exact) mass is 219 g/mol. The van der Waals surface area contributed by atoms with E-state index in [4.69, 9.17) is 0 Å². The SMILES string of the molecule is CCNC(=O)C(=O)N/N=C\c1ccccc1. The number of nitrogens with zero attached hydrogens (tertiary/aromatic N) is 1. The third-order valence-corrected chi connectivity index (χ3v) is 1.72. The summed E-state index contributed by atoms with van der Waals surface area (Å²) in [5.74, 6) is -1.46. The van der Waals surface area contributed by atoms with Gasteiger partial charge in [0.25, 0.3) is 0 Å². The summed E-state index contributed by atoms with van der Waals surface area (Å²) in [7, 11) is 0. The van der Waals surface area contributed by atoms with Crippen LogP contribution in [0, 0.1) is 0 Å². The number of amides is 2. The Labute approximate surface area is 93.5 Å². The predicted octanol–water partition coefficient (Wildman–Crippen LogP) is 0.273. The first-order chi connectivity index (χ1) is 7.74. The van der Waals surface area contributed by atoms with Crippen molar-refractivity contribution in [3.63, 3.8) is 0 Å². The van der Waals surface area contributed by atoms with Crippen molar-refractivity contribution in [1.29, 1.82) is 0 Å². The molecule has 5 heteroatoms. The number of hydrogen-bond acceptors (Lipinski definition) is 3. The molecule has 0 unspecified atom stereocenters. The zero-order chi connectivity index (χ0) is 11.8. The molecule has 2 amide bonds. The summed E-state index contributed by atoms with van der Waals surface area (Å²) < 4.78 is 0. The van der Waals surface area contributed by atoms with E-state index in [1.165, 1.54) is 6.21 Å². The molecule has 0 aliphatic carbocycles. The summed E-state index contributed by atoms with van der Waals surface area (Å²) in [4.78, 5) is 22.1. The van der Waals surface area contributed by atoms with Gasteiger partial charge in [-0.25, -0.2) is 5.43 Å². The predicted molar refractivity (Wildman–Crippen MR) is 60.9 cm³/mol. The normalized spacial score (nSPS) is 10.1. The first-order valence-corrected chi connectivity index (χ1v) is 4.90. The Hall–Kier alpha value is -2.17. The van der Waals surface area contributed by atoms with E-state index in [2.05, 4.69) is 15.8 Å². The zero-order valence-corrected chi connectivity index (χ0v) is 8.93. The summed E-state index contributed by atoms with van der Waals surface area (Å²) in [6, 6.07) is 9.26. The number of carbonyl (C=O) groups excluding carboxylic acids is 2. The van der Waals surface area contributed by atoms with Crippen LogP contribution >= 0.6 is 0 Å². The number of rotatable bonds is 3. The number of hydrogen-bond donors (Lipinski definition) is 2. The van der Waals surface area contributed by atoms with E-state index in [0.29, 0.717) is 6.54 Å². The van der Waals surface area contributed by atoms with Crippen LogP contribution in [0.2, 0.25) is 0 Å². The topological polar surface area (TPSA) is 70.6 Å². The molecule has 0 aliphatic heterocycles. The van der Waals surface area contributed by atoms with Gasteiger partial charge < -0.3 is 5.32 Å². The average Bonchev–Trinajstić information content (AvgIpc) is 2.30. The maximum absolute atomic E-state index is 11.1. The Morgan fingerprint density at radius 3 is 2.56 bits per heavy atom. The van der Waals surface area contributed by atoms with E-state index in [0.717, 1.165) is 5.56 Å². The second kappa shape index (κ2) is 6.34. The fourth-order valence-corrected chi connectivity index (χ4v) is 0.996. The number of carbonyl (C=O) groups is 2. The molecular weight excluding hydrogens is 206 g/mol. The molecule has 0 saturated carbocycles. The maximum Gasteiger partial charge on any atom is 0.329 e. The summed E-state index contributed by atoms with van der Waals surface area (Å²) in [5, 5.41) is 6.03. The van der Waals surface area contributed by atoms with E-state index in [1.807, 2.05) is 30.3 Å². The highest BCUT2D eigenvalue weighted by molar-refractivity contribution is 6.35. The van der Waals surface area contributed by atoms with Gasteiger partial charge >= 0.3 is 11.8 Å². The van der Waals surface area contributed by atoms with Crippen LogP contribution in [0.5, 0.6) is 0 Å². The largest absolute Gasteiger partial charge is 0.348 e. The molecule has 1 aromatic carbocycles. The van der Waals surface area contributed by atoms with Gasteiger partial charge in [-0.15, -0.1) is 0 Å². The standard InChI is InChI=1S/C11H13N3O2/c1-2-12-10(15)11(16)14-13-8-9-6-4-3-5-7-9/h3-8H,2H2,1H3,(H,12,15)(H,14,16)/b13-8-. The summed E-state index contributed by atoms with van der Waals surface area (Å²) >= 11 is 0. The first kappa shape index (κ1) is 11.9. The molecule has 0 spiro atoms. The molecule has 0 aliphatic rings. The van der Waals surface area contributed by atoms with Gasteiger partial charge in [0, 0.05) is 6.54 Å². The van der Waals surface area contributed by atoms with Crippen molar-refractivity contribution in [3.05, 3.63) is 35.9 Å². The molecule has 0 heterocycles. The minimum atomic E-state index is -0.769. The van der Waals surface area contributed by atoms with E-state index >= 15 is 0 Å². The van der Waals surface area contributed by atoms with Crippen molar-refractivity contribution in [3.8, 4) is 0 Å². The Morgan fingerprint density at radius 1 is 1.25 bits per heavy atom. The molecule has 1 aromatic rings. The molecule has 2 N–H and O–H groups in total. The Bertz CT molecular complexity index is 387. The third-order valence-electron chi connectivity index (χ3n) is 1.72. The highest BCUT2D eigenvalue weighted by Crippen LogP contribution is 1.92. The van der Waals surface area contributed by atoms with Crippen LogP contribution in [-0.2, 0) is 9.59 Å². The summed E-state index contributed by atoms with van der Waals surface area (Å²) in [6.07, 6.45) is 1.47. The van der Waals surface area contributed by atoms with Gasteiger partial charge in [-0.05, 0) is 12.5 Å². The van der Waals surface area contributed by atoms with Crippen molar-refractivity contribution < 1.29 is 9.59 Å². The number of benzene rings is 1. The molecule has 0 radical (unpaired) electrons. The molecule has 0 fully saturated rings. The first-order valence-electron chi connectivity index (χ1n) is 4.90. The Balaban J connectivity index is 2.43. The van der Waals surface area contributed by atoms with Crippen molar-refractivity contribution >= 4 is 18.0 Å². The second-order valence-corrected chi connectivity index (χ2v) is 2.97. The molecule has 16 heavy (non-hydrogen) atoms. The minimum Gasteiger partial charge on any atom is -0.348 e. The molecule has 84 valence electrons. The molecule has 0 saturated heterocycles. The van der Waals surface area contributed by atoms with Gasteiger partial charge in [-0.3, -0.25) is 9.59 Å². The molecule has 5 nitrogen and oxygen atoms in total. The van der Waals surface area contributed by atoms with E-state index in [-0.39, 0.29) is 0 Å². The van der Waals surface area contributed by atoms with Crippen LogP contribution in [0.15, 0.2) is 35.4 Å². The van der Waals surface area contributed by atoms with E-state index in [1.54, 1.807) is 6.92 Å². The summed E-state index contributed by atoms with van der Waals surface area (Å²) in [6.45, 7) is 2.15. The van der Waals surface area contributed by atoms with Gasteiger partial charge in [0.15, 0.2) is 0 Å². The molecule has 0 bridgehead atoms. The van der Waals surface area contributed by atoms with Crippen LogP contribution in [-0.4, -0.2) is 24.6 Å². The zero-order valence-electron chi connectivity index (χ0n) is 8.93. The van der Waals surface area contributed by atoms with Gasteiger partial charge in [0.2, 0.25) is 0 Å². The van der Waals surface area contributed by atoms with Gasteiger partial charge in [-0.2, -0.15) is 5.10 Å². The van der Waals surface area contributed by atoms with Crippen molar-refractivity contribution in [2.75, 3.05) is 6.54 Å². The fraction of sp³-hybridized carbons (Fsp3) is 0.182. The number of nitrogens with one attached hydrogen (secondary N) is 2. The van der Waals surface area contributed by atoms with Crippen LogP contribution in [0.4, 0.5) is 0 Å². The van der Waals surface area contributed by atoms with Gasteiger partial charge in [-0.1, -0.05) is 30.3 Å². The van der Waals surface area contributed by atoms with Crippen molar-refractivity contribution in [2.24, 2.45) is 5.10 Å². The van der Waals surface area contributed by atoms with Crippen LogP contribution in [0.3, 0.4) is 0 Å². The van der Waals surface area contributed by atoms with Gasteiger partial charge in [0.05, 0.1) is 6.21 Å². The molecular formula is C11H13N3O2. The summed E-state index contributed by atoms with van der Waals surface area (Å²) in [5.41, 5.74) is 2.98. The number of hydrazone groups is 1.